The number of ketones is 1. The molecule has 0 aromatic heterocycles. The zero-order chi connectivity index (χ0) is 15.8. The standard InChI is InChI=1S/C16H24O4/c1-6-12(2)8-7-9-13(3)10-14(17)11-16(4,19)15(18)20-5/h6,8,10,19H,1,7,9,11H2,2-5H3/b12-8-,13-10-. The van der Waals surface area contributed by atoms with Crippen LogP contribution in [0, 0.1) is 0 Å². The lowest BCUT2D eigenvalue weighted by Crippen LogP contribution is -2.38. The Labute approximate surface area is 120 Å². The van der Waals surface area contributed by atoms with Gasteiger partial charge in [0.25, 0.3) is 0 Å². The molecule has 0 rings (SSSR count). The van der Waals surface area contributed by atoms with Crippen molar-refractivity contribution in [2.75, 3.05) is 7.11 Å². The third-order valence-corrected chi connectivity index (χ3v) is 2.88. The summed E-state index contributed by atoms with van der Waals surface area (Å²) in [4.78, 5) is 23.0. The number of methoxy groups -OCH3 is 1. The number of ether oxygens (including phenoxy) is 1. The molecule has 4 nitrogen and oxygen atoms in total. The van der Waals surface area contributed by atoms with Crippen molar-refractivity contribution in [1.82, 2.24) is 0 Å². The maximum absolute atomic E-state index is 11.8. The molecule has 20 heavy (non-hydrogen) atoms. The lowest BCUT2D eigenvalue weighted by molar-refractivity contribution is -0.162. The number of esters is 1. The Morgan fingerprint density at radius 1 is 1.35 bits per heavy atom. The molecule has 0 bridgehead atoms. The summed E-state index contributed by atoms with van der Waals surface area (Å²) >= 11 is 0. The van der Waals surface area contributed by atoms with Crippen molar-refractivity contribution in [1.29, 1.82) is 0 Å². The quantitative estimate of drug-likeness (QED) is 0.422. The predicted octanol–water partition coefficient (Wildman–Crippen LogP) is 2.73. The summed E-state index contributed by atoms with van der Waals surface area (Å²) in [6.07, 6.45) is 6.57. The Bertz CT molecular complexity index is 428. The highest BCUT2D eigenvalue weighted by molar-refractivity contribution is 5.95. The van der Waals surface area contributed by atoms with Crippen molar-refractivity contribution >= 4 is 11.8 Å². The summed E-state index contributed by atoms with van der Waals surface area (Å²) < 4.78 is 4.45. The van der Waals surface area contributed by atoms with Crippen molar-refractivity contribution in [3.05, 3.63) is 36.0 Å². The van der Waals surface area contributed by atoms with E-state index in [4.69, 9.17) is 0 Å². The molecule has 0 saturated carbocycles. The molecule has 0 radical (unpaired) electrons. The number of rotatable bonds is 8. The topological polar surface area (TPSA) is 63.6 Å². The van der Waals surface area contributed by atoms with Gasteiger partial charge < -0.3 is 9.84 Å². The largest absolute Gasteiger partial charge is 0.467 e. The third-order valence-electron chi connectivity index (χ3n) is 2.88. The zero-order valence-electron chi connectivity index (χ0n) is 12.7. The van der Waals surface area contributed by atoms with Crippen molar-refractivity contribution < 1.29 is 19.4 Å². The van der Waals surface area contributed by atoms with E-state index in [1.165, 1.54) is 20.1 Å². The molecule has 0 saturated heterocycles. The minimum absolute atomic E-state index is 0.279. The Balaban J connectivity index is 4.47. The summed E-state index contributed by atoms with van der Waals surface area (Å²) in [5.74, 6) is -1.09. The van der Waals surface area contributed by atoms with Crippen LogP contribution in [0.2, 0.25) is 0 Å². The molecule has 0 amide bonds. The van der Waals surface area contributed by atoms with E-state index < -0.39 is 11.6 Å². The highest BCUT2D eigenvalue weighted by Crippen LogP contribution is 2.14. The maximum atomic E-state index is 11.8. The van der Waals surface area contributed by atoms with Crippen molar-refractivity contribution in [2.45, 2.75) is 45.6 Å². The van der Waals surface area contributed by atoms with Gasteiger partial charge in [-0.2, -0.15) is 0 Å². The van der Waals surface area contributed by atoms with Gasteiger partial charge in [0, 0.05) is 6.42 Å². The Morgan fingerprint density at radius 2 is 1.95 bits per heavy atom. The first kappa shape index (κ1) is 18.3. The van der Waals surface area contributed by atoms with Gasteiger partial charge in [0.2, 0.25) is 0 Å². The average molecular weight is 280 g/mol. The van der Waals surface area contributed by atoms with Crippen LogP contribution in [0.3, 0.4) is 0 Å². The van der Waals surface area contributed by atoms with E-state index in [1.807, 2.05) is 19.9 Å². The highest BCUT2D eigenvalue weighted by Gasteiger charge is 2.33. The third kappa shape index (κ3) is 7.04. The molecule has 0 fully saturated rings. The van der Waals surface area contributed by atoms with Gasteiger partial charge in [-0.05, 0) is 39.7 Å². The summed E-state index contributed by atoms with van der Waals surface area (Å²) in [6.45, 7) is 8.75. The Hall–Kier alpha value is -1.68. The van der Waals surface area contributed by atoms with Gasteiger partial charge >= 0.3 is 5.97 Å². The van der Waals surface area contributed by atoms with Gasteiger partial charge in [0.15, 0.2) is 11.4 Å². The maximum Gasteiger partial charge on any atom is 0.338 e. The lowest BCUT2D eigenvalue weighted by atomic mass is 9.98. The number of carbonyl (C=O) groups excluding carboxylic acids is 2. The molecular weight excluding hydrogens is 256 g/mol. The monoisotopic (exact) mass is 280 g/mol. The second kappa shape index (κ2) is 8.48. The first-order chi connectivity index (χ1) is 9.22. The van der Waals surface area contributed by atoms with Crippen LogP contribution in [0.5, 0.6) is 0 Å². The van der Waals surface area contributed by atoms with Crippen LogP contribution in [0.4, 0.5) is 0 Å². The number of allylic oxidation sites excluding steroid dienone is 5. The molecule has 0 spiro atoms. The number of carbonyl (C=O) groups is 2. The second-order valence-electron chi connectivity index (χ2n) is 5.09. The molecule has 1 N–H and O–H groups in total. The minimum atomic E-state index is -1.78. The Morgan fingerprint density at radius 3 is 2.45 bits per heavy atom. The van der Waals surface area contributed by atoms with Crippen molar-refractivity contribution in [3.8, 4) is 0 Å². The van der Waals surface area contributed by atoms with Crippen LogP contribution in [0.25, 0.3) is 0 Å². The molecule has 0 heterocycles. The van der Waals surface area contributed by atoms with Crippen LogP contribution in [-0.2, 0) is 14.3 Å². The van der Waals surface area contributed by atoms with Crippen molar-refractivity contribution in [3.63, 3.8) is 0 Å². The van der Waals surface area contributed by atoms with Crippen LogP contribution >= 0.6 is 0 Å². The normalized spacial score (nSPS) is 15.4. The van der Waals surface area contributed by atoms with Gasteiger partial charge in [-0.1, -0.05) is 29.9 Å². The predicted molar refractivity (Wildman–Crippen MR) is 79.2 cm³/mol. The fourth-order valence-corrected chi connectivity index (χ4v) is 1.64. The van der Waals surface area contributed by atoms with E-state index in [9.17, 15) is 14.7 Å². The van der Waals surface area contributed by atoms with Crippen molar-refractivity contribution in [2.24, 2.45) is 0 Å². The van der Waals surface area contributed by atoms with Crippen LogP contribution in [0.15, 0.2) is 36.0 Å². The van der Waals surface area contributed by atoms with Gasteiger partial charge in [-0.25, -0.2) is 4.79 Å². The summed E-state index contributed by atoms with van der Waals surface area (Å²) in [5, 5.41) is 9.80. The van der Waals surface area contributed by atoms with Crippen LogP contribution in [-0.4, -0.2) is 29.6 Å². The van der Waals surface area contributed by atoms with E-state index in [0.717, 1.165) is 24.0 Å². The van der Waals surface area contributed by atoms with Gasteiger partial charge in [0.1, 0.15) is 0 Å². The number of hydrogen-bond acceptors (Lipinski definition) is 4. The van der Waals surface area contributed by atoms with Gasteiger partial charge in [0.05, 0.1) is 7.11 Å². The molecule has 0 aromatic carbocycles. The highest BCUT2D eigenvalue weighted by atomic mass is 16.5. The molecular formula is C16H24O4. The minimum Gasteiger partial charge on any atom is -0.467 e. The first-order valence-corrected chi connectivity index (χ1v) is 6.53. The number of aliphatic hydroxyl groups is 1. The molecule has 0 aliphatic carbocycles. The van der Waals surface area contributed by atoms with E-state index >= 15 is 0 Å². The van der Waals surface area contributed by atoms with Gasteiger partial charge in [-0.3, -0.25) is 4.79 Å². The van der Waals surface area contributed by atoms with Crippen LogP contribution in [0.1, 0.15) is 40.0 Å². The molecule has 0 aliphatic rings. The van der Waals surface area contributed by atoms with E-state index in [1.54, 1.807) is 6.08 Å². The fraction of sp³-hybridized carbons (Fsp3) is 0.500. The lowest BCUT2D eigenvalue weighted by Gasteiger charge is -2.18. The summed E-state index contributed by atoms with van der Waals surface area (Å²) in [6, 6.07) is 0. The zero-order valence-corrected chi connectivity index (χ0v) is 12.7. The molecule has 0 aliphatic heterocycles. The molecule has 1 atom stereocenters. The Kier molecular flexibility index (Phi) is 7.77. The molecule has 1 unspecified atom stereocenters. The SMILES string of the molecule is C=C/C(C)=C\CC/C(C)=C\C(=O)CC(C)(O)C(=O)OC. The average Bonchev–Trinajstić information content (AvgIpc) is 2.36. The molecule has 0 aromatic rings. The van der Waals surface area contributed by atoms with E-state index in [2.05, 4.69) is 11.3 Å². The van der Waals surface area contributed by atoms with Gasteiger partial charge in [-0.15, -0.1) is 0 Å². The smallest absolute Gasteiger partial charge is 0.338 e. The molecule has 4 heteroatoms. The summed E-state index contributed by atoms with van der Waals surface area (Å²) in [5.41, 5.74) is 0.226. The number of hydrogen-bond donors (Lipinski definition) is 1. The second-order valence-corrected chi connectivity index (χ2v) is 5.09. The molecule has 112 valence electrons. The van der Waals surface area contributed by atoms with E-state index in [-0.39, 0.29) is 12.2 Å². The van der Waals surface area contributed by atoms with E-state index in [0.29, 0.717) is 0 Å². The fourth-order valence-electron chi connectivity index (χ4n) is 1.64. The van der Waals surface area contributed by atoms with Crippen LogP contribution < -0.4 is 0 Å². The summed E-state index contributed by atoms with van der Waals surface area (Å²) in [7, 11) is 1.18. The first-order valence-electron chi connectivity index (χ1n) is 6.53.